The standard InChI is InChI=1S/C21H20ClN2OS3.C3H8.C2H6/c22-10-4-5-12-28(25)21-19(23)18-15(14-7-2-1-3-8-14)13-16(24-20(18)27-21)17-9-6-11-26-17;1-3-2;1-2/h1-3,6-9,11,13,25H,4-5,10,12,23H2;3H2,1-2H3;1-2H3/q+1;;. The molecule has 0 bridgehead atoms. The van der Waals surface area contributed by atoms with Crippen molar-refractivity contribution in [1.29, 1.82) is 0 Å². The number of thiophene rings is 2. The molecular weight excluding hydrogens is 488 g/mol. The number of anilines is 1. The Morgan fingerprint density at radius 1 is 1.06 bits per heavy atom. The maximum atomic E-state index is 10.7. The molecule has 4 aromatic rings. The molecule has 1 atom stereocenters. The molecule has 1 unspecified atom stereocenters. The zero-order chi connectivity index (χ0) is 24.2. The van der Waals surface area contributed by atoms with E-state index in [0.29, 0.717) is 17.3 Å². The third kappa shape index (κ3) is 7.20. The van der Waals surface area contributed by atoms with Crippen molar-refractivity contribution in [2.24, 2.45) is 0 Å². The van der Waals surface area contributed by atoms with Crippen molar-refractivity contribution in [2.75, 3.05) is 17.4 Å². The number of aromatic nitrogens is 1. The average Bonchev–Trinajstić information content (AvgIpc) is 3.50. The molecule has 33 heavy (non-hydrogen) atoms. The first-order valence-electron chi connectivity index (χ1n) is 11.4. The zero-order valence-corrected chi connectivity index (χ0v) is 23.0. The Hall–Kier alpha value is -1.57. The van der Waals surface area contributed by atoms with E-state index in [1.54, 1.807) is 11.3 Å². The lowest BCUT2D eigenvalue weighted by atomic mass is 10.0. The second kappa shape index (κ2) is 14.6. The van der Waals surface area contributed by atoms with Gasteiger partial charge >= 0.3 is 0 Å². The number of nitrogen functional groups attached to an aromatic ring is 1. The normalized spacial score (nSPS) is 11.3. The molecule has 3 nitrogen and oxygen atoms in total. The molecule has 0 radical (unpaired) electrons. The van der Waals surface area contributed by atoms with E-state index >= 15 is 0 Å². The van der Waals surface area contributed by atoms with Gasteiger partial charge in [-0.05, 0) is 41.5 Å². The summed E-state index contributed by atoms with van der Waals surface area (Å²) in [6, 6.07) is 16.5. The van der Waals surface area contributed by atoms with E-state index in [4.69, 9.17) is 22.3 Å². The maximum Gasteiger partial charge on any atom is 0.269 e. The van der Waals surface area contributed by atoms with Crippen LogP contribution >= 0.6 is 34.3 Å². The van der Waals surface area contributed by atoms with Crippen molar-refractivity contribution in [2.45, 2.75) is 51.2 Å². The Bertz CT molecular complexity index is 1080. The third-order valence-electron chi connectivity index (χ3n) is 4.46. The summed E-state index contributed by atoms with van der Waals surface area (Å²) in [4.78, 5) is 6.88. The first-order chi connectivity index (χ1) is 16.1. The van der Waals surface area contributed by atoms with Gasteiger partial charge in [-0.15, -0.1) is 22.9 Å². The number of benzene rings is 1. The van der Waals surface area contributed by atoms with Gasteiger partial charge in [0, 0.05) is 11.3 Å². The lowest BCUT2D eigenvalue weighted by molar-refractivity contribution is 0.636. The number of rotatable bonds is 7. The van der Waals surface area contributed by atoms with Gasteiger partial charge in [-0.25, -0.2) is 4.98 Å². The molecule has 3 heterocycles. The minimum Gasteiger partial charge on any atom is -0.393 e. The summed E-state index contributed by atoms with van der Waals surface area (Å²) in [6.07, 6.45) is 3.03. The van der Waals surface area contributed by atoms with Crippen LogP contribution in [0.1, 0.15) is 47.0 Å². The molecule has 0 aliphatic rings. The molecule has 0 fully saturated rings. The topological polar surface area (TPSA) is 59.1 Å². The van der Waals surface area contributed by atoms with Gasteiger partial charge in [-0.2, -0.15) is 4.55 Å². The second-order valence-corrected chi connectivity index (χ2v) is 11.2. The SMILES string of the molecule is CC.CCC.Nc1c([S+](O)CCCCCl)sc2nc(-c3cccs3)cc(-c3ccccc3)c12. The van der Waals surface area contributed by atoms with Crippen molar-refractivity contribution in [3.63, 3.8) is 0 Å². The number of nitrogens with zero attached hydrogens (tertiary/aromatic N) is 1. The Labute approximate surface area is 214 Å². The molecule has 0 aliphatic carbocycles. The Kier molecular flexibility index (Phi) is 12.3. The molecule has 1 aromatic carbocycles. The van der Waals surface area contributed by atoms with Gasteiger partial charge < -0.3 is 5.73 Å². The van der Waals surface area contributed by atoms with E-state index in [1.807, 2.05) is 38.1 Å². The van der Waals surface area contributed by atoms with Gasteiger partial charge in [0.25, 0.3) is 4.21 Å². The summed E-state index contributed by atoms with van der Waals surface area (Å²) in [5.41, 5.74) is 10.3. The zero-order valence-electron chi connectivity index (χ0n) is 19.8. The largest absolute Gasteiger partial charge is 0.393 e. The number of pyridine rings is 1. The lowest BCUT2D eigenvalue weighted by Gasteiger charge is -2.07. The van der Waals surface area contributed by atoms with E-state index in [2.05, 4.69) is 43.5 Å². The van der Waals surface area contributed by atoms with Gasteiger partial charge in [0.15, 0.2) is 11.2 Å². The van der Waals surface area contributed by atoms with Gasteiger partial charge in [-0.3, -0.25) is 0 Å². The molecule has 3 aromatic heterocycles. The summed E-state index contributed by atoms with van der Waals surface area (Å²) >= 11 is 8.06. The van der Waals surface area contributed by atoms with Crippen LogP contribution in [0.25, 0.3) is 31.9 Å². The van der Waals surface area contributed by atoms with Crippen LogP contribution in [-0.2, 0) is 11.2 Å². The molecule has 0 aliphatic heterocycles. The van der Waals surface area contributed by atoms with Crippen molar-refractivity contribution < 1.29 is 4.55 Å². The number of nitrogens with two attached hydrogens (primary N) is 1. The van der Waals surface area contributed by atoms with Gasteiger partial charge in [-0.1, -0.05) is 81.9 Å². The van der Waals surface area contributed by atoms with Gasteiger partial charge in [0.2, 0.25) is 0 Å². The van der Waals surface area contributed by atoms with Gasteiger partial charge in [0.05, 0.1) is 10.6 Å². The number of hydrogen-bond acceptors (Lipinski definition) is 5. The number of fused-ring (bicyclic) bond motifs is 1. The van der Waals surface area contributed by atoms with Crippen LogP contribution in [0.15, 0.2) is 58.1 Å². The van der Waals surface area contributed by atoms with Crippen LogP contribution in [0.4, 0.5) is 5.69 Å². The fourth-order valence-corrected chi connectivity index (χ4v) is 6.72. The fraction of sp³-hybridized carbons (Fsp3) is 0.346. The predicted molar refractivity (Wildman–Crippen MR) is 153 cm³/mol. The second-order valence-electron chi connectivity index (χ2n) is 7.05. The van der Waals surface area contributed by atoms with E-state index in [-0.39, 0.29) is 0 Å². The van der Waals surface area contributed by atoms with Crippen LogP contribution in [0, 0.1) is 0 Å². The number of unbranched alkanes of at least 4 members (excludes halogenated alkanes) is 1. The molecule has 0 amide bonds. The fourth-order valence-electron chi connectivity index (χ4n) is 3.10. The highest BCUT2D eigenvalue weighted by atomic mass is 35.5. The minimum atomic E-state index is -0.890. The van der Waals surface area contributed by atoms with Crippen LogP contribution < -0.4 is 5.73 Å². The van der Waals surface area contributed by atoms with E-state index < -0.39 is 11.2 Å². The van der Waals surface area contributed by atoms with E-state index in [9.17, 15) is 4.55 Å². The molecule has 0 spiro atoms. The highest BCUT2D eigenvalue weighted by Crippen LogP contribution is 2.43. The van der Waals surface area contributed by atoms with E-state index in [0.717, 1.165) is 49.0 Å². The lowest BCUT2D eigenvalue weighted by Crippen LogP contribution is -2.07. The molecule has 7 heteroatoms. The quantitative estimate of drug-likeness (QED) is 0.145. The Balaban J connectivity index is 0.000000714. The molecule has 4 rings (SSSR count). The van der Waals surface area contributed by atoms with Gasteiger partial charge in [0.1, 0.15) is 16.3 Å². The summed E-state index contributed by atoms with van der Waals surface area (Å²) in [5.74, 6) is 1.30. The minimum absolute atomic E-state index is 0.614. The predicted octanol–water partition coefficient (Wildman–Crippen LogP) is 9.19. The van der Waals surface area contributed by atoms with E-state index in [1.165, 1.54) is 17.8 Å². The molecule has 0 saturated carbocycles. The maximum absolute atomic E-state index is 10.7. The molecule has 178 valence electrons. The Morgan fingerprint density at radius 3 is 2.36 bits per heavy atom. The van der Waals surface area contributed by atoms with Crippen LogP contribution in [0.3, 0.4) is 0 Å². The highest BCUT2D eigenvalue weighted by molar-refractivity contribution is 7.93. The first-order valence-corrected chi connectivity index (χ1v) is 15.0. The molecular formula is C26H34ClN2OS3+. The van der Waals surface area contributed by atoms with Crippen molar-refractivity contribution >= 4 is 61.4 Å². The monoisotopic (exact) mass is 521 g/mol. The van der Waals surface area contributed by atoms with Crippen LogP contribution in [-0.4, -0.2) is 21.2 Å². The molecule has 3 N–H and O–H groups in total. The van der Waals surface area contributed by atoms with Crippen molar-refractivity contribution in [1.82, 2.24) is 4.98 Å². The summed E-state index contributed by atoms with van der Waals surface area (Å²) in [6.45, 7) is 8.25. The molecule has 0 saturated heterocycles. The Morgan fingerprint density at radius 2 is 1.76 bits per heavy atom. The average molecular weight is 522 g/mol. The van der Waals surface area contributed by atoms with Crippen LogP contribution in [0.5, 0.6) is 0 Å². The van der Waals surface area contributed by atoms with Crippen molar-refractivity contribution in [3.8, 4) is 21.7 Å². The first kappa shape index (κ1) is 27.7. The number of alkyl halides is 1. The third-order valence-corrected chi connectivity index (χ3v) is 8.66. The highest BCUT2D eigenvalue weighted by Gasteiger charge is 2.29. The summed E-state index contributed by atoms with van der Waals surface area (Å²) in [5, 5.41) is 3.00. The summed E-state index contributed by atoms with van der Waals surface area (Å²) < 4.78 is 11.6. The van der Waals surface area contributed by atoms with Crippen LogP contribution in [0.2, 0.25) is 0 Å². The number of halogens is 1. The smallest absolute Gasteiger partial charge is 0.269 e. The van der Waals surface area contributed by atoms with Crippen molar-refractivity contribution in [3.05, 3.63) is 53.9 Å². The summed E-state index contributed by atoms with van der Waals surface area (Å²) in [7, 11) is 0. The number of hydrogen-bond donors (Lipinski definition) is 2.